The van der Waals surface area contributed by atoms with Crippen molar-refractivity contribution >= 4 is 5.91 Å². The highest BCUT2D eigenvalue weighted by Gasteiger charge is 2.12. The fourth-order valence-corrected chi connectivity index (χ4v) is 4.27. The Labute approximate surface area is 191 Å². The average molecular weight is 424 g/mol. The molecule has 0 bridgehead atoms. The molecule has 0 heterocycles. The summed E-state index contributed by atoms with van der Waals surface area (Å²) >= 11 is 0. The highest BCUT2D eigenvalue weighted by molar-refractivity contribution is 5.76. The van der Waals surface area contributed by atoms with Gasteiger partial charge in [0, 0.05) is 19.5 Å². The van der Waals surface area contributed by atoms with Gasteiger partial charge in [0.05, 0.1) is 0 Å². The number of carbonyl (C=O) groups excluding carboxylic acids is 1. The number of hydrogen-bond donors (Lipinski definition) is 0. The van der Waals surface area contributed by atoms with Crippen LogP contribution in [0.15, 0.2) is 0 Å². The minimum atomic E-state index is 0.428. The molecule has 0 N–H and O–H groups in total. The van der Waals surface area contributed by atoms with E-state index in [0.717, 1.165) is 25.9 Å². The number of hydrogen-bond acceptors (Lipinski definition) is 1. The molecule has 1 amide bonds. The van der Waals surface area contributed by atoms with E-state index in [0.29, 0.717) is 5.91 Å². The van der Waals surface area contributed by atoms with E-state index in [1.165, 1.54) is 128 Å². The Balaban J connectivity index is 4.01. The Morgan fingerprint density at radius 2 is 0.733 bits per heavy atom. The fraction of sp³-hybridized carbons (Fsp3) is 0.964. The molecule has 0 atom stereocenters. The highest BCUT2D eigenvalue weighted by Crippen LogP contribution is 2.13. The second-order valence-electron chi connectivity index (χ2n) is 9.49. The molecule has 0 unspecified atom stereocenters. The maximum atomic E-state index is 12.8. The summed E-state index contributed by atoms with van der Waals surface area (Å²) in [4.78, 5) is 15.0. The van der Waals surface area contributed by atoms with Gasteiger partial charge in [0.1, 0.15) is 0 Å². The predicted molar refractivity (Wildman–Crippen MR) is 135 cm³/mol. The molecule has 30 heavy (non-hydrogen) atoms. The first kappa shape index (κ1) is 29.5. The minimum absolute atomic E-state index is 0.428. The van der Waals surface area contributed by atoms with Gasteiger partial charge in [-0.25, -0.2) is 0 Å². The van der Waals surface area contributed by atoms with Crippen molar-refractivity contribution in [2.75, 3.05) is 13.1 Å². The summed E-state index contributed by atoms with van der Waals surface area (Å²) in [6, 6.07) is 0. The molecule has 0 aromatic rings. The molecule has 0 aliphatic carbocycles. The number of rotatable bonds is 24. The van der Waals surface area contributed by atoms with E-state index in [-0.39, 0.29) is 0 Å². The Hall–Kier alpha value is -0.530. The van der Waals surface area contributed by atoms with Crippen LogP contribution >= 0.6 is 0 Å². The van der Waals surface area contributed by atoms with E-state index in [4.69, 9.17) is 0 Å². The molecule has 0 saturated carbocycles. The first-order valence-corrected chi connectivity index (χ1v) is 14.0. The number of unbranched alkanes of at least 4 members (excludes halogenated alkanes) is 18. The van der Waals surface area contributed by atoms with Crippen molar-refractivity contribution in [3.8, 4) is 0 Å². The van der Waals surface area contributed by atoms with Gasteiger partial charge in [-0.15, -0.1) is 0 Å². The lowest BCUT2D eigenvalue weighted by atomic mass is 10.1. The molecule has 0 rings (SSSR count). The van der Waals surface area contributed by atoms with E-state index < -0.39 is 0 Å². The molecule has 0 aromatic heterocycles. The predicted octanol–water partition coefficient (Wildman–Crippen LogP) is 9.46. The van der Waals surface area contributed by atoms with Crippen LogP contribution in [-0.4, -0.2) is 23.9 Å². The van der Waals surface area contributed by atoms with Crippen LogP contribution in [-0.2, 0) is 4.79 Å². The standard InChI is InChI=1S/C28H57NO/c1-4-7-10-13-15-17-20-23-26-29(28(30)25-22-19-12-9-6-3)27-24-21-18-16-14-11-8-5-2/h4-27H2,1-3H3. The molecule has 2 heteroatoms. The summed E-state index contributed by atoms with van der Waals surface area (Å²) < 4.78 is 0. The van der Waals surface area contributed by atoms with Crippen LogP contribution in [0.25, 0.3) is 0 Å². The van der Waals surface area contributed by atoms with Gasteiger partial charge in [-0.2, -0.15) is 0 Å². The van der Waals surface area contributed by atoms with Crippen molar-refractivity contribution in [3.05, 3.63) is 0 Å². The van der Waals surface area contributed by atoms with E-state index in [9.17, 15) is 4.79 Å². The second-order valence-corrected chi connectivity index (χ2v) is 9.49. The summed E-state index contributed by atoms with van der Waals surface area (Å²) in [6.07, 6.45) is 28.4. The van der Waals surface area contributed by atoms with Crippen LogP contribution < -0.4 is 0 Å². The van der Waals surface area contributed by atoms with Crippen molar-refractivity contribution in [1.29, 1.82) is 0 Å². The van der Waals surface area contributed by atoms with E-state index in [2.05, 4.69) is 25.7 Å². The zero-order valence-corrected chi connectivity index (χ0v) is 21.3. The van der Waals surface area contributed by atoms with E-state index in [1.807, 2.05) is 0 Å². The smallest absolute Gasteiger partial charge is 0.222 e. The fourth-order valence-electron chi connectivity index (χ4n) is 4.27. The van der Waals surface area contributed by atoms with Crippen LogP contribution in [0.1, 0.15) is 162 Å². The van der Waals surface area contributed by atoms with Gasteiger partial charge < -0.3 is 4.90 Å². The molecule has 0 aliphatic rings. The molecule has 0 aliphatic heterocycles. The molecule has 0 saturated heterocycles. The number of nitrogens with zero attached hydrogens (tertiary/aromatic N) is 1. The topological polar surface area (TPSA) is 20.3 Å². The quantitative estimate of drug-likeness (QED) is 0.141. The van der Waals surface area contributed by atoms with Crippen molar-refractivity contribution in [2.24, 2.45) is 0 Å². The van der Waals surface area contributed by atoms with Gasteiger partial charge >= 0.3 is 0 Å². The van der Waals surface area contributed by atoms with Crippen LogP contribution in [0, 0.1) is 0 Å². The summed E-state index contributed by atoms with van der Waals surface area (Å²) in [7, 11) is 0. The third-order valence-corrected chi connectivity index (χ3v) is 6.41. The summed E-state index contributed by atoms with van der Waals surface area (Å²) in [6.45, 7) is 8.81. The number of amides is 1. The Morgan fingerprint density at radius 1 is 0.433 bits per heavy atom. The van der Waals surface area contributed by atoms with Crippen molar-refractivity contribution in [2.45, 2.75) is 162 Å². The lowest BCUT2D eigenvalue weighted by Crippen LogP contribution is -2.32. The molecular weight excluding hydrogens is 366 g/mol. The van der Waals surface area contributed by atoms with Crippen LogP contribution in [0.3, 0.4) is 0 Å². The normalized spacial score (nSPS) is 11.2. The van der Waals surface area contributed by atoms with Crippen LogP contribution in [0.2, 0.25) is 0 Å². The molecule has 0 radical (unpaired) electrons. The van der Waals surface area contributed by atoms with Gasteiger partial charge in [-0.3, -0.25) is 4.79 Å². The number of carbonyl (C=O) groups is 1. The first-order valence-electron chi connectivity index (χ1n) is 14.0. The van der Waals surface area contributed by atoms with Crippen LogP contribution in [0.5, 0.6) is 0 Å². The molecule has 2 nitrogen and oxygen atoms in total. The van der Waals surface area contributed by atoms with Crippen molar-refractivity contribution in [3.63, 3.8) is 0 Å². The Bertz CT molecular complexity index is 322. The van der Waals surface area contributed by atoms with Gasteiger partial charge in [-0.1, -0.05) is 136 Å². The highest BCUT2D eigenvalue weighted by atomic mass is 16.2. The molecule has 180 valence electrons. The summed E-state index contributed by atoms with van der Waals surface area (Å²) in [5, 5.41) is 0. The zero-order chi connectivity index (χ0) is 22.1. The third kappa shape index (κ3) is 20.7. The van der Waals surface area contributed by atoms with Gasteiger partial charge in [0.25, 0.3) is 0 Å². The first-order chi connectivity index (χ1) is 14.8. The third-order valence-electron chi connectivity index (χ3n) is 6.41. The molecule has 0 aromatic carbocycles. The van der Waals surface area contributed by atoms with Crippen molar-refractivity contribution in [1.82, 2.24) is 4.90 Å². The average Bonchev–Trinajstić information content (AvgIpc) is 2.75. The Kier molecular flexibility index (Phi) is 24.3. The largest absolute Gasteiger partial charge is 0.343 e. The van der Waals surface area contributed by atoms with Gasteiger partial charge in [0.15, 0.2) is 0 Å². The van der Waals surface area contributed by atoms with E-state index >= 15 is 0 Å². The van der Waals surface area contributed by atoms with Gasteiger partial charge in [-0.05, 0) is 19.3 Å². The SMILES string of the molecule is CCCCCCCCCCN(CCCCCCCCCC)C(=O)CCCCCCC. The second kappa shape index (κ2) is 24.7. The van der Waals surface area contributed by atoms with E-state index in [1.54, 1.807) is 0 Å². The lowest BCUT2D eigenvalue weighted by Gasteiger charge is -2.23. The van der Waals surface area contributed by atoms with Crippen molar-refractivity contribution < 1.29 is 4.79 Å². The molecule has 0 fully saturated rings. The molecular formula is C28H57NO. The lowest BCUT2D eigenvalue weighted by molar-refractivity contribution is -0.131. The van der Waals surface area contributed by atoms with Crippen LogP contribution in [0.4, 0.5) is 0 Å². The minimum Gasteiger partial charge on any atom is -0.343 e. The summed E-state index contributed by atoms with van der Waals surface area (Å²) in [5.74, 6) is 0.428. The molecule has 0 spiro atoms. The summed E-state index contributed by atoms with van der Waals surface area (Å²) in [5.41, 5.74) is 0. The maximum Gasteiger partial charge on any atom is 0.222 e. The zero-order valence-electron chi connectivity index (χ0n) is 21.3. The monoisotopic (exact) mass is 423 g/mol. The maximum absolute atomic E-state index is 12.8. The Morgan fingerprint density at radius 3 is 1.10 bits per heavy atom. The van der Waals surface area contributed by atoms with Gasteiger partial charge in [0.2, 0.25) is 5.91 Å².